The molecule has 276 valence electrons. The van der Waals surface area contributed by atoms with Gasteiger partial charge in [-0.1, -0.05) is 48.0 Å². The number of hydrogen-bond donors (Lipinski definition) is 3. The molecule has 2 saturated heterocycles. The van der Waals surface area contributed by atoms with Gasteiger partial charge in [0.25, 0.3) is 0 Å². The van der Waals surface area contributed by atoms with Crippen LogP contribution in [0.1, 0.15) is 30.2 Å². The molecule has 11 heteroatoms. The molecule has 4 heterocycles. The van der Waals surface area contributed by atoms with E-state index in [1.807, 2.05) is 90.5 Å². The van der Waals surface area contributed by atoms with Crippen LogP contribution in [0.3, 0.4) is 0 Å². The summed E-state index contributed by atoms with van der Waals surface area (Å²) < 4.78 is 30.4. The number of nitrogens with one attached hydrogen (secondary N) is 1. The number of aliphatic hydroxyl groups excluding tert-OH is 1. The number of benzene rings is 3. The lowest BCUT2D eigenvalue weighted by Crippen LogP contribution is -2.33. The van der Waals surface area contributed by atoms with E-state index in [1.54, 1.807) is 19.5 Å². The molecule has 2 atom stereocenters. The quantitative estimate of drug-likeness (QED) is 0.123. The van der Waals surface area contributed by atoms with Crippen molar-refractivity contribution in [1.29, 1.82) is 0 Å². The van der Waals surface area contributed by atoms with Crippen molar-refractivity contribution in [2.24, 2.45) is 5.92 Å². The van der Waals surface area contributed by atoms with Crippen molar-refractivity contribution in [3.63, 3.8) is 0 Å². The normalized spacial score (nSPS) is 16.9. The molecule has 2 aliphatic heterocycles. The molecule has 2 aliphatic rings. The van der Waals surface area contributed by atoms with Crippen LogP contribution in [0.25, 0.3) is 33.4 Å². The van der Waals surface area contributed by atoms with Crippen LogP contribution in [0.4, 0.5) is 11.5 Å². The Bertz CT molecular complexity index is 2050. The number of pyridine rings is 2. The smallest absolute Gasteiger partial charge is 0.197 e. The summed E-state index contributed by atoms with van der Waals surface area (Å²) in [5, 5.41) is 14.6. The van der Waals surface area contributed by atoms with E-state index in [-0.39, 0.29) is 17.1 Å². The van der Waals surface area contributed by atoms with E-state index in [0.29, 0.717) is 60.9 Å². The third-order valence-electron chi connectivity index (χ3n) is 9.80. The number of anilines is 2. The lowest BCUT2D eigenvalue weighted by atomic mass is 9.99. The molecule has 2 fully saturated rings. The summed E-state index contributed by atoms with van der Waals surface area (Å²) in [5.74, 6) is 2.01. The van der Waals surface area contributed by atoms with Gasteiger partial charge in [-0.2, -0.15) is 0 Å². The number of nitrogens with zero attached hydrogens (tertiary/aromatic N) is 2. The van der Waals surface area contributed by atoms with Crippen LogP contribution in [-0.2, 0) is 20.8 Å². The molecule has 0 amide bonds. The lowest BCUT2D eigenvalue weighted by molar-refractivity contribution is -0.101. The molecular formula is C42H46N4O7. The molecular weight excluding hydrogens is 672 g/mol. The van der Waals surface area contributed by atoms with Gasteiger partial charge in [0, 0.05) is 60.7 Å². The van der Waals surface area contributed by atoms with Crippen LogP contribution >= 0.6 is 0 Å². The summed E-state index contributed by atoms with van der Waals surface area (Å²) in [5.41, 5.74) is 12.9. The molecule has 7 rings (SSSR count). The highest BCUT2D eigenvalue weighted by Crippen LogP contribution is 2.36. The standard InChI is InChI=1S/C42H46N4O7/c1-27-3-5-30(6-4-27)36-23-46(22-28-13-15-50-16-14-28)24-37(40(36)47)42(48)45-33-10-7-29(8-11-33)35-19-32(21-44-41(35)43)31-9-12-38(39(20-31)49-2)53-26-34-25-51-17-18-52-34/h3-12,19-21,23-24,28,34,42,45,48H,13-18,22,25-26H2,1-2H3,(H2,43,44)/t34-,42?/m1/s1. The number of nitrogen functional groups attached to an aromatic ring is 1. The minimum Gasteiger partial charge on any atom is -0.493 e. The fourth-order valence-corrected chi connectivity index (χ4v) is 6.75. The first-order chi connectivity index (χ1) is 25.8. The van der Waals surface area contributed by atoms with Crippen molar-refractivity contribution in [1.82, 2.24) is 9.55 Å². The Morgan fingerprint density at radius 2 is 1.62 bits per heavy atom. The Hall–Kier alpha value is -5.20. The highest BCUT2D eigenvalue weighted by molar-refractivity contribution is 5.80. The Kier molecular flexibility index (Phi) is 11.4. The van der Waals surface area contributed by atoms with Gasteiger partial charge in [-0.05, 0) is 72.7 Å². The SMILES string of the molecule is COc1cc(-c2cnc(N)c(-c3ccc(NC(O)c4cn(CC5CCOCC5)cc(-c5ccc(C)cc5)c4=O)cc3)c2)ccc1OC[C@H]1COCCO1. The Morgan fingerprint density at radius 3 is 2.36 bits per heavy atom. The zero-order valence-corrected chi connectivity index (χ0v) is 30.1. The highest BCUT2D eigenvalue weighted by atomic mass is 16.6. The predicted octanol–water partition coefficient (Wildman–Crippen LogP) is 6.47. The number of aromatic nitrogens is 2. The summed E-state index contributed by atoms with van der Waals surface area (Å²) in [4.78, 5) is 18.3. The van der Waals surface area contributed by atoms with Crippen molar-refractivity contribution in [2.75, 3.05) is 57.8 Å². The van der Waals surface area contributed by atoms with Gasteiger partial charge in [-0.25, -0.2) is 4.98 Å². The number of aryl methyl sites for hydroxylation is 1. The summed E-state index contributed by atoms with van der Waals surface area (Å²) in [6.07, 6.45) is 5.96. The molecule has 11 nitrogen and oxygen atoms in total. The van der Waals surface area contributed by atoms with Crippen LogP contribution in [-0.4, -0.2) is 67.5 Å². The number of ether oxygens (including phenoxy) is 5. The van der Waals surface area contributed by atoms with Crippen molar-refractivity contribution in [2.45, 2.75) is 38.6 Å². The summed E-state index contributed by atoms with van der Waals surface area (Å²) in [7, 11) is 1.61. The average molecular weight is 719 g/mol. The fraction of sp³-hybridized carbons (Fsp3) is 0.333. The molecule has 3 aromatic carbocycles. The zero-order valence-electron chi connectivity index (χ0n) is 30.1. The Morgan fingerprint density at radius 1 is 0.887 bits per heavy atom. The molecule has 4 N–H and O–H groups in total. The minimum absolute atomic E-state index is 0.125. The molecule has 0 aliphatic carbocycles. The van der Waals surface area contributed by atoms with Crippen LogP contribution in [0.2, 0.25) is 0 Å². The summed E-state index contributed by atoms with van der Waals surface area (Å²) in [6, 6.07) is 23.1. The summed E-state index contributed by atoms with van der Waals surface area (Å²) >= 11 is 0. The zero-order chi connectivity index (χ0) is 36.7. The van der Waals surface area contributed by atoms with Gasteiger partial charge in [0.2, 0.25) is 0 Å². The van der Waals surface area contributed by atoms with E-state index in [1.165, 1.54) is 0 Å². The molecule has 2 aromatic heterocycles. The van der Waals surface area contributed by atoms with E-state index in [2.05, 4.69) is 10.3 Å². The minimum atomic E-state index is -1.24. The number of hydrogen-bond acceptors (Lipinski definition) is 10. The first-order valence-corrected chi connectivity index (χ1v) is 18.0. The van der Waals surface area contributed by atoms with Gasteiger partial charge in [0.1, 0.15) is 18.5 Å². The average Bonchev–Trinajstić information content (AvgIpc) is 3.19. The maximum absolute atomic E-state index is 13.8. The van der Waals surface area contributed by atoms with Gasteiger partial charge in [0.05, 0.1) is 32.5 Å². The van der Waals surface area contributed by atoms with Gasteiger partial charge < -0.3 is 44.4 Å². The maximum Gasteiger partial charge on any atom is 0.197 e. The molecule has 0 spiro atoms. The number of rotatable bonds is 12. The Labute approximate surface area is 309 Å². The van der Waals surface area contributed by atoms with Crippen LogP contribution < -0.4 is 26.0 Å². The van der Waals surface area contributed by atoms with Gasteiger partial charge in [-0.15, -0.1) is 0 Å². The second-order valence-electron chi connectivity index (χ2n) is 13.6. The van der Waals surface area contributed by atoms with E-state index in [4.69, 9.17) is 29.4 Å². The van der Waals surface area contributed by atoms with Crippen molar-refractivity contribution < 1.29 is 28.8 Å². The molecule has 0 saturated carbocycles. The second kappa shape index (κ2) is 16.6. The third-order valence-corrected chi connectivity index (χ3v) is 9.80. The monoisotopic (exact) mass is 718 g/mol. The summed E-state index contributed by atoms with van der Waals surface area (Å²) in [6.45, 7) is 6.24. The molecule has 53 heavy (non-hydrogen) atoms. The van der Waals surface area contributed by atoms with Gasteiger partial charge in [0.15, 0.2) is 23.2 Å². The molecule has 1 unspecified atom stereocenters. The molecule has 5 aromatic rings. The molecule has 0 radical (unpaired) electrons. The van der Waals surface area contributed by atoms with Gasteiger partial charge in [-0.3, -0.25) is 4.79 Å². The maximum atomic E-state index is 13.8. The first-order valence-electron chi connectivity index (χ1n) is 18.0. The highest BCUT2D eigenvalue weighted by Gasteiger charge is 2.21. The first kappa shape index (κ1) is 36.2. The predicted molar refractivity (Wildman–Crippen MR) is 205 cm³/mol. The van der Waals surface area contributed by atoms with Crippen LogP contribution in [0.15, 0.2) is 96.2 Å². The van der Waals surface area contributed by atoms with Crippen molar-refractivity contribution in [3.8, 4) is 44.9 Å². The fourth-order valence-electron chi connectivity index (χ4n) is 6.75. The number of methoxy groups -OCH3 is 1. The van der Waals surface area contributed by atoms with E-state index in [9.17, 15) is 9.90 Å². The van der Waals surface area contributed by atoms with Crippen molar-refractivity contribution in [3.05, 3.63) is 113 Å². The lowest BCUT2D eigenvalue weighted by Gasteiger charge is -2.24. The van der Waals surface area contributed by atoms with E-state index in [0.717, 1.165) is 66.0 Å². The largest absolute Gasteiger partial charge is 0.493 e. The number of nitrogens with two attached hydrogens (primary N) is 1. The Balaban J connectivity index is 1.09. The van der Waals surface area contributed by atoms with E-state index >= 15 is 0 Å². The van der Waals surface area contributed by atoms with Crippen molar-refractivity contribution >= 4 is 11.5 Å². The van der Waals surface area contributed by atoms with Gasteiger partial charge >= 0.3 is 0 Å². The van der Waals surface area contributed by atoms with Crippen LogP contribution in [0, 0.1) is 12.8 Å². The van der Waals surface area contributed by atoms with E-state index < -0.39 is 6.23 Å². The second-order valence-corrected chi connectivity index (χ2v) is 13.6. The third kappa shape index (κ3) is 8.72. The molecule has 0 bridgehead atoms. The number of aliphatic hydroxyl groups is 1. The van der Waals surface area contributed by atoms with Crippen LogP contribution in [0.5, 0.6) is 11.5 Å². The topological polar surface area (TPSA) is 139 Å².